The van der Waals surface area contributed by atoms with Crippen LogP contribution in [0.4, 0.5) is 19.1 Å². The molecule has 0 aromatic carbocycles. The van der Waals surface area contributed by atoms with Gasteiger partial charge in [0.15, 0.2) is 5.65 Å². The molecule has 2 unspecified atom stereocenters. The summed E-state index contributed by atoms with van der Waals surface area (Å²) in [5, 5.41) is 10.4. The van der Waals surface area contributed by atoms with Crippen LogP contribution in [0.15, 0.2) is 30.6 Å². The van der Waals surface area contributed by atoms with Crippen molar-refractivity contribution in [1.29, 1.82) is 0 Å². The van der Waals surface area contributed by atoms with Crippen molar-refractivity contribution in [2.45, 2.75) is 59.8 Å². The van der Waals surface area contributed by atoms with Crippen LogP contribution >= 0.6 is 0 Å². The van der Waals surface area contributed by atoms with E-state index in [4.69, 9.17) is 0 Å². The quantitative estimate of drug-likeness (QED) is 0.442. The summed E-state index contributed by atoms with van der Waals surface area (Å²) in [6.45, 7) is 10.0. The molecule has 5 heterocycles. The van der Waals surface area contributed by atoms with Crippen LogP contribution in [0.3, 0.4) is 0 Å². The smallest absolute Gasteiger partial charge is 0.256 e. The predicted molar refractivity (Wildman–Crippen MR) is 128 cm³/mol. The van der Waals surface area contributed by atoms with Gasteiger partial charge in [-0.2, -0.15) is 0 Å². The third kappa shape index (κ3) is 5.14. The molecule has 0 bridgehead atoms. The van der Waals surface area contributed by atoms with Crippen LogP contribution in [0, 0.1) is 6.92 Å². The van der Waals surface area contributed by atoms with Gasteiger partial charge in [-0.3, -0.25) is 0 Å². The van der Waals surface area contributed by atoms with Gasteiger partial charge < -0.3 is 15.2 Å². The number of anilines is 1. The first-order chi connectivity index (χ1) is 16.5. The van der Waals surface area contributed by atoms with Gasteiger partial charge in [0.2, 0.25) is 5.95 Å². The zero-order valence-electron chi connectivity index (χ0n) is 20.1. The molecule has 1 aliphatic heterocycles. The topological polar surface area (TPSA) is 85.0 Å². The van der Waals surface area contributed by atoms with E-state index in [0.717, 1.165) is 5.56 Å². The van der Waals surface area contributed by atoms with Gasteiger partial charge in [-0.15, -0.1) is 5.10 Å². The lowest BCUT2D eigenvalue weighted by molar-refractivity contribution is 0.127. The number of hydrogen-bond donors (Lipinski definition) is 2. The minimum atomic E-state index is -2.50. The summed E-state index contributed by atoms with van der Waals surface area (Å²) in [5.41, 5.74) is 3.04. The maximum Gasteiger partial charge on any atom is 0.256 e. The number of nitrogens with zero attached hydrogens (tertiary/aromatic N) is 6. The second kappa shape index (κ2) is 11.3. The summed E-state index contributed by atoms with van der Waals surface area (Å²) >= 11 is 0. The van der Waals surface area contributed by atoms with E-state index in [9.17, 15) is 13.2 Å². The molecular weight excluding hydrogens is 445 g/mol. The first kappa shape index (κ1) is 25.4. The highest BCUT2D eigenvalue weighted by molar-refractivity contribution is 5.82. The summed E-state index contributed by atoms with van der Waals surface area (Å²) in [6.07, 6.45) is -0.110. The maximum atomic E-state index is 13.8. The summed E-state index contributed by atoms with van der Waals surface area (Å²) in [5.74, 6) is 0.818. The number of aromatic nitrogens is 6. The van der Waals surface area contributed by atoms with Gasteiger partial charge in [0.25, 0.3) is 6.43 Å². The van der Waals surface area contributed by atoms with Crippen LogP contribution in [0.5, 0.6) is 0 Å². The van der Waals surface area contributed by atoms with Crippen LogP contribution in [-0.2, 0) is 6.54 Å². The standard InChI is InChI=1S/C19H19F3N8.2C2H6/c1-10-25-14-3-2-13(26-18(14)29(10)9-17(21)22)11-4-5-30-16(11)8-24-19(28-30)27-15-7-23-6-12(15)20;2*1-2/h2-5,8,12,15,17,23H,6-7,9H2,1H3,(H,27,28);2*1-2H3. The lowest BCUT2D eigenvalue weighted by Crippen LogP contribution is -2.30. The average Bonchev–Trinajstić information content (AvgIpc) is 3.53. The molecule has 0 saturated carbocycles. The number of nitrogens with one attached hydrogen (secondary N) is 2. The highest BCUT2D eigenvalue weighted by Crippen LogP contribution is 2.26. The summed E-state index contributed by atoms with van der Waals surface area (Å²) in [7, 11) is 0. The molecule has 8 nitrogen and oxygen atoms in total. The van der Waals surface area contributed by atoms with Crippen molar-refractivity contribution in [3.8, 4) is 11.3 Å². The molecule has 2 atom stereocenters. The molecule has 0 aliphatic carbocycles. The second-order valence-electron chi connectivity index (χ2n) is 7.27. The first-order valence-corrected chi connectivity index (χ1v) is 11.6. The van der Waals surface area contributed by atoms with Gasteiger partial charge in [-0.25, -0.2) is 32.6 Å². The summed E-state index contributed by atoms with van der Waals surface area (Å²) in [4.78, 5) is 13.2. The zero-order chi connectivity index (χ0) is 24.8. The van der Waals surface area contributed by atoms with Crippen molar-refractivity contribution in [3.63, 3.8) is 0 Å². The van der Waals surface area contributed by atoms with Crippen molar-refractivity contribution < 1.29 is 13.2 Å². The van der Waals surface area contributed by atoms with Crippen LogP contribution in [0.2, 0.25) is 0 Å². The lowest BCUT2D eigenvalue weighted by atomic mass is 10.2. The van der Waals surface area contributed by atoms with E-state index in [1.165, 1.54) is 4.57 Å². The van der Waals surface area contributed by atoms with Gasteiger partial charge in [0, 0.05) is 24.8 Å². The van der Waals surface area contributed by atoms with Gasteiger partial charge in [-0.1, -0.05) is 27.7 Å². The number of hydrogen-bond acceptors (Lipinski definition) is 6. The maximum absolute atomic E-state index is 13.8. The third-order valence-electron chi connectivity index (χ3n) is 5.25. The molecule has 1 aliphatic rings. The van der Waals surface area contributed by atoms with E-state index in [2.05, 4.69) is 30.7 Å². The number of imidazole rings is 1. The van der Waals surface area contributed by atoms with E-state index >= 15 is 0 Å². The Morgan fingerprint density at radius 1 is 1.12 bits per heavy atom. The van der Waals surface area contributed by atoms with Crippen molar-refractivity contribution in [1.82, 2.24) is 34.4 Å². The number of alkyl halides is 3. The van der Waals surface area contributed by atoms with Gasteiger partial charge in [0.1, 0.15) is 17.5 Å². The molecule has 4 aromatic rings. The third-order valence-corrected chi connectivity index (χ3v) is 5.25. The highest BCUT2D eigenvalue weighted by Gasteiger charge is 2.27. The molecule has 184 valence electrons. The Morgan fingerprint density at radius 3 is 2.56 bits per heavy atom. The van der Waals surface area contributed by atoms with Crippen LogP contribution in [0.25, 0.3) is 27.9 Å². The Balaban J connectivity index is 0.000000771. The highest BCUT2D eigenvalue weighted by atomic mass is 19.3. The Bertz CT molecular complexity index is 1220. The van der Waals surface area contributed by atoms with Crippen molar-refractivity contribution >= 4 is 22.6 Å². The first-order valence-electron chi connectivity index (χ1n) is 11.6. The Kier molecular flexibility index (Phi) is 8.43. The van der Waals surface area contributed by atoms with E-state index in [1.54, 1.807) is 36.0 Å². The van der Waals surface area contributed by atoms with Crippen molar-refractivity contribution in [3.05, 3.63) is 36.4 Å². The predicted octanol–water partition coefficient (Wildman–Crippen LogP) is 4.49. The number of fused-ring (bicyclic) bond motifs is 2. The Labute approximate surface area is 196 Å². The monoisotopic (exact) mass is 476 g/mol. The molecule has 1 saturated heterocycles. The fraction of sp³-hybridized carbons (Fsp3) is 0.478. The summed E-state index contributed by atoms with van der Waals surface area (Å²) in [6, 6.07) is 5.01. The van der Waals surface area contributed by atoms with E-state index in [1.807, 2.05) is 33.8 Å². The SMILES string of the molecule is CC.CC.Cc1nc2ccc(-c3ccn4nc(NC5CNCC5F)ncc34)nc2n1CC(F)F. The fourth-order valence-electron chi connectivity index (χ4n) is 3.76. The lowest BCUT2D eigenvalue weighted by Gasteiger charge is -2.13. The molecule has 0 radical (unpaired) electrons. The van der Waals surface area contributed by atoms with Crippen LogP contribution in [-0.4, -0.2) is 60.9 Å². The van der Waals surface area contributed by atoms with E-state index in [0.29, 0.717) is 47.2 Å². The van der Waals surface area contributed by atoms with Crippen molar-refractivity contribution in [2.75, 3.05) is 18.4 Å². The number of aryl methyl sites for hydroxylation is 1. The second-order valence-corrected chi connectivity index (χ2v) is 7.27. The molecule has 11 heteroatoms. The molecule has 0 amide bonds. The number of pyridine rings is 1. The van der Waals surface area contributed by atoms with Gasteiger partial charge in [-0.05, 0) is 25.1 Å². The Hall–Kier alpha value is -3.21. The van der Waals surface area contributed by atoms with Crippen LogP contribution in [0.1, 0.15) is 33.5 Å². The van der Waals surface area contributed by atoms with E-state index < -0.39 is 19.1 Å². The molecule has 1 fully saturated rings. The number of halogens is 3. The van der Waals surface area contributed by atoms with Crippen LogP contribution < -0.4 is 10.6 Å². The van der Waals surface area contributed by atoms with E-state index in [-0.39, 0.29) is 6.04 Å². The minimum Gasteiger partial charge on any atom is -0.346 e. The molecule has 2 N–H and O–H groups in total. The molecule has 5 rings (SSSR count). The number of rotatable bonds is 5. The van der Waals surface area contributed by atoms with Gasteiger partial charge >= 0.3 is 0 Å². The minimum absolute atomic E-state index is 0.309. The Morgan fingerprint density at radius 2 is 1.88 bits per heavy atom. The molecule has 0 spiro atoms. The molecule has 34 heavy (non-hydrogen) atoms. The average molecular weight is 477 g/mol. The normalized spacial score (nSPS) is 17.4. The fourth-order valence-corrected chi connectivity index (χ4v) is 3.76. The van der Waals surface area contributed by atoms with Crippen molar-refractivity contribution in [2.24, 2.45) is 0 Å². The largest absolute Gasteiger partial charge is 0.346 e. The molecular formula is C23H31F3N8. The van der Waals surface area contributed by atoms with Gasteiger partial charge in [0.05, 0.1) is 30.0 Å². The summed E-state index contributed by atoms with van der Waals surface area (Å²) < 4.78 is 42.8. The zero-order valence-corrected chi connectivity index (χ0v) is 20.1. The molecule has 4 aromatic heterocycles.